The second-order valence-corrected chi connectivity index (χ2v) is 10.5. The molecule has 9 heteroatoms. The summed E-state index contributed by atoms with van der Waals surface area (Å²) in [4.78, 5) is 18.2. The Morgan fingerprint density at radius 1 is 1.03 bits per heavy atom. The molecule has 0 unspecified atom stereocenters. The number of sulfonamides is 1. The Kier molecular flexibility index (Phi) is 6.97. The quantitative estimate of drug-likeness (QED) is 0.409. The molecule has 34 heavy (non-hydrogen) atoms. The number of amides is 1. The predicted octanol–water partition coefficient (Wildman–Crippen LogP) is 4.51. The number of benzene rings is 3. The van der Waals surface area contributed by atoms with Gasteiger partial charge in [0.15, 0.2) is 4.80 Å². The Balaban J connectivity index is 1.69. The molecule has 1 heterocycles. The Hall–Kier alpha value is -3.27. The Labute approximate surface area is 202 Å². The van der Waals surface area contributed by atoms with E-state index in [0.717, 1.165) is 15.8 Å². The highest BCUT2D eigenvalue weighted by Crippen LogP contribution is 2.22. The fraction of sp³-hybridized carbons (Fsp3) is 0.200. The number of rotatable bonds is 7. The first-order valence-corrected chi connectivity index (χ1v) is 12.9. The molecule has 0 fully saturated rings. The summed E-state index contributed by atoms with van der Waals surface area (Å²) < 4.78 is 36.1. The van der Waals surface area contributed by atoms with Crippen LogP contribution in [0.4, 0.5) is 5.69 Å². The van der Waals surface area contributed by atoms with Gasteiger partial charge in [-0.2, -0.15) is 4.99 Å². The Morgan fingerprint density at radius 2 is 1.76 bits per heavy atom. The van der Waals surface area contributed by atoms with Gasteiger partial charge in [-0.3, -0.25) is 9.52 Å². The third-order valence-corrected chi connectivity index (χ3v) is 7.87. The lowest BCUT2D eigenvalue weighted by atomic mass is 10.1. The minimum atomic E-state index is -3.77. The summed E-state index contributed by atoms with van der Waals surface area (Å²) in [6.07, 6.45) is 0. The van der Waals surface area contributed by atoms with Crippen LogP contribution in [-0.4, -0.2) is 32.6 Å². The Morgan fingerprint density at radius 3 is 2.50 bits per heavy atom. The van der Waals surface area contributed by atoms with Crippen LogP contribution in [0.1, 0.15) is 21.5 Å². The van der Waals surface area contributed by atoms with E-state index in [9.17, 15) is 13.2 Å². The van der Waals surface area contributed by atoms with E-state index >= 15 is 0 Å². The van der Waals surface area contributed by atoms with Gasteiger partial charge in [0, 0.05) is 24.9 Å². The number of hydrogen-bond donors (Lipinski definition) is 1. The summed E-state index contributed by atoms with van der Waals surface area (Å²) in [5, 5.41) is 0. The van der Waals surface area contributed by atoms with Gasteiger partial charge in [-0.15, -0.1) is 0 Å². The van der Waals surface area contributed by atoms with Crippen molar-refractivity contribution in [2.75, 3.05) is 18.4 Å². The standard InChI is InChI=1S/C25H25N3O4S2/c1-17-14-22-23(15-18(17)2)33-25(28(22)12-13-32-3)26-24(29)19-8-7-9-20(16-19)27-34(30,31)21-10-5-4-6-11-21/h4-11,14-16,27H,12-13H2,1-3H3. The van der Waals surface area contributed by atoms with Gasteiger partial charge in [0.05, 0.1) is 21.7 Å². The first-order chi connectivity index (χ1) is 16.3. The van der Waals surface area contributed by atoms with Crippen molar-refractivity contribution in [3.8, 4) is 0 Å². The number of carbonyl (C=O) groups is 1. The van der Waals surface area contributed by atoms with E-state index in [1.807, 2.05) is 4.57 Å². The van der Waals surface area contributed by atoms with Crippen LogP contribution in [0.5, 0.6) is 0 Å². The number of nitrogens with one attached hydrogen (secondary N) is 1. The highest BCUT2D eigenvalue weighted by atomic mass is 32.2. The fourth-order valence-corrected chi connectivity index (χ4v) is 5.69. The van der Waals surface area contributed by atoms with Crippen LogP contribution in [0.2, 0.25) is 0 Å². The minimum absolute atomic E-state index is 0.145. The fourth-order valence-electron chi connectivity index (χ4n) is 3.49. The molecular formula is C25H25N3O4S2. The maximum absolute atomic E-state index is 13.1. The first kappa shape index (κ1) is 23.9. The lowest BCUT2D eigenvalue weighted by Gasteiger charge is -2.08. The van der Waals surface area contributed by atoms with Crippen LogP contribution in [-0.2, 0) is 21.3 Å². The third kappa shape index (κ3) is 5.11. The van der Waals surface area contributed by atoms with E-state index in [4.69, 9.17) is 4.74 Å². The van der Waals surface area contributed by atoms with E-state index in [0.29, 0.717) is 23.6 Å². The molecule has 0 atom stereocenters. The SMILES string of the molecule is COCCn1c(=NC(=O)c2cccc(NS(=O)(=O)c3ccccc3)c2)sc2cc(C)c(C)cc21. The summed E-state index contributed by atoms with van der Waals surface area (Å²) in [5.74, 6) is -0.452. The maximum atomic E-state index is 13.1. The molecule has 4 aromatic rings. The monoisotopic (exact) mass is 495 g/mol. The summed E-state index contributed by atoms with van der Waals surface area (Å²) >= 11 is 1.44. The van der Waals surface area contributed by atoms with Crippen LogP contribution in [0.15, 0.2) is 76.6 Å². The van der Waals surface area contributed by atoms with E-state index in [-0.39, 0.29) is 10.5 Å². The van der Waals surface area contributed by atoms with Gasteiger partial charge in [0.2, 0.25) is 0 Å². The summed E-state index contributed by atoms with van der Waals surface area (Å²) in [6, 6.07) is 18.6. The van der Waals surface area contributed by atoms with Crippen molar-refractivity contribution < 1.29 is 17.9 Å². The van der Waals surface area contributed by atoms with Crippen molar-refractivity contribution in [3.63, 3.8) is 0 Å². The molecule has 1 aromatic heterocycles. The van der Waals surface area contributed by atoms with Gasteiger partial charge in [-0.1, -0.05) is 35.6 Å². The molecule has 0 aliphatic carbocycles. The minimum Gasteiger partial charge on any atom is -0.383 e. The van der Waals surface area contributed by atoms with Crippen LogP contribution in [0.3, 0.4) is 0 Å². The lowest BCUT2D eigenvalue weighted by Crippen LogP contribution is -2.19. The molecular weight excluding hydrogens is 470 g/mol. The zero-order chi connectivity index (χ0) is 24.3. The number of aryl methyl sites for hydroxylation is 2. The number of methoxy groups -OCH3 is 1. The first-order valence-electron chi connectivity index (χ1n) is 10.6. The topological polar surface area (TPSA) is 89.8 Å². The van der Waals surface area contributed by atoms with Crippen LogP contribution in [0, 0.1) is 13.8 Å². The van der Waals surface area contributed by atoms with Crippen molar-refractivity contribution >= 4 is 43.2 Å². The highest BCUT2D eigenvalue weighted by Gasteiger charge is 2.15. The largest absolute Gasteiger partial charge is 0.383 e. The number of nitrogens with zero attached hydrogens (tertiary/aromatic N) is 2. The van der Waals surface area contributed by atoms with Gasteiger partial charge >= 0.3 is 0 Å². The molecule has 1 amide bonds. The van der Waals surface area contributed by atoms with Crippen molar-refractivity contribution in [1.82, 2.24) is 4.57 Å². The van der Waals surface area contributed by atoms with Crippen molar-refractivity contribution in [2.24, 2.45) is 4.99 Å². The summed E-state index contributed by atoms with van der Waals surface area (Å²) in [5.41, 5.74) is 3.91. The molecule has 1 N–H and O–H groups in total. The number of ether oxygens (including phenoxy) is 1. The number of hydrogen-bond acceptors (Lipinski definition) is 5. The van der Waals surface area contributed by atoms with Crippen molar-refractivity contribution in [1.29, 1.82) is 0 Å². The molecule has 7 nitrogen and oxygen atoms in total. The van der Waals surface area contributed by atoms with E-state index in [1.54, 1.807) is 43.5 Å². The highest BCUT2D eigenvalue weighted by molar-refractivity contribution is 7.92. The zero-order valence-corrected chi connectivity index (χ0v) is 20.7. The van der Waals surface area contributed by atoms with E-state index < -0.39 is 15.9 Å². The lowest BCUT2D eigenvalue weighted by molar-refractivity contribution is 0.0997. The van der Waals surface area contributed by atoms with Gasteiger partial charge in [0.25, 0.3) is 15.9 Å². The van der Waals surface area contributed by atoms with E-state index in [2.05, 4.69) is 35.7 Å². The van der Waals surface area contributed by atoms with Gasteiger partial charge < -0.3 is 9.30 Å². The molecule has 0 aliphatic heterocycles. The molecule has 4 rings (SSSR count). The molecule has 0 radical (unpaired) electrons. The molecule has 176 valence electrons. The average Bonchev–Trinajstić information content (AvgIpc) is 3.13. The van der Waals surface area contributed by atoms with Crippen LogP contribution in [0.25, 0.3) is 10.2 Å². The van der Waals surface area contributed by atoms with E-state index in [1.165, 1.54) is 35.1 Å². The van der Waals surface area contributed by atoms with Gasteiger partial charge in [-0.05, 0) is 67.4 Å². The van der Waals surface area contributed by atoms with Crippen molar-refractivity contribution in [3.05, 3.63) is 88.2 Å². The number of anilines is 1. The number of fused-ring (bicyclic) bond motifs is 1. The molecule has 0 bridgehead atoms. The van der Waals surface area contributed by atoms with Crippen molar-refractivity contribution in [2.45, 2.75) is 25.3 Å². The van der Waals surface area contributed by atoms with Crippen LogP contribution >= 0.6 is 11.3 Å². The number of carbonyl (C=O) groups excluding carboxylic acids is 1. The predicted molar refractivity (Wildman–Crippen MR) is 135 cm³/mol. The maximum Gasteiger partial charge on any atom is 0.279 e. The zero-order valence-electron chi connectivity index (χ0n) is 19.1. The third-order valence-electron chi connectivity index (χ3n) is 5.43. The second kappa shape index (κ2) is 9.92. The summed E-state index contributed by atoms with van der Waals surface area (Å²) in [6.45, 7) is 5.15. The average molecular weight is 496 g/mol. The van der Waals surface area contributed by atoms with Crippen LogP contribution < -0.4 is 9.52 Å². The molecule has 0 spiro atoms. The number of thiazole rings is 1. The summed E-state index contributed by atoms with van der Waals surface area (Å²) in [7, 11) is -2.13. The number of aromatic nitrogens is 1. The molecule has 0 saturated heterocycles. The van der Waals surface area contributed by atoms with Gasteiger partial charge in [-0.25, -0.2) is 8.42 Å². The van der Waals surface area contributed by atoms with Gasteiger partial charge in [0.1, 0.15) is 0 Å². The smallest absolute Gasteiger partial charge is 0.279 e. The normalized spacial score (nSPS) is 12.3. The molecule has 0 aliphatic rings. The Bertz CT molecular complexity index is 1520. The molecule has 3 aromatic carbocycles. The second-order valence-electron chi connectivity index (χ2n) is 7.85. The molecule has 0 saturated carbocycles.